The van der Waals surface area contributed by atoms with Gasteiger partial charge < -0.3 is 20.3 Å². The monoisotopic (exact) mass is 306 g/mol. The molecule has 1 aromatic rings. The van der Waals surface area contributed by atoms with Crippen LogP contribution in [0.4, 0.5) is 5.69 Å². The van der Waals surface area contributed by atoms with Gasteiger partial charge in [0.25, 0.3) is 11.8 Å². The van der Waals surface area contributed by atoms with E-state index in [0.29, 0.717) is 11.7 Å². The first kappa shape index (κ1) is 16.3. The van der Waals surface area contributed by atoms with Gasteiger partial charge in [0.05, 0.1) is 14.2 Å². The molecule has 0 spiro atoms. The molecule has 6 heteroatoms. The molecule has 6 nitrogen and oxygen atoms in total. The van der Waals surface area contributed by atoms with Gasteiger partial charge in [-0.05, 0) is 44.0 Å². The number of hydrogen-bond donors (Lipinski definition) is 3. The van der Waals surface area contributed by atoms with Crippen LogP contribution in [-0.2, 0) is 9.59 Å². The highest BCUT2D eigenvalue weighted by Gasteiger charge is 2.29. The quantitative estimate of drug-likeness (QED) is 0.654. The van der Waals surface area contributed by atoms with E-state index in [1.54, 1.807) is 31.4 Å². The molecule has 1 aromatic carbocycles. The second-order valence-electron chi connectivity index (χ2n) is 5.80. The van der Waals surface area contributed by atoms with Crippen molar-refractivity contribution in [2.24, 2.45) is 0 Å². The van der Waals surface area contributed by atoms with Gasteiger partial charge in [0.2, 0.25) is 0 Å². The lowest BCUT2D eigenvalue weighted by Crippen LogP contribution is -3.15. The number of benzene rings is 1. The highest BCUT2D eigenvalue weighted by Crippen LogP contribution is 2.18. The summed E-state index contributed by atoms with van der Waals surface area (Å²) in [5.41, 5.74) is 0.716. The van der Waals surface area contributed by atoms with Crippen LogP contribution in [0.15, 0.2) is 24.3 Å². The maximum atomic E-state index is 12.0. The molecule has 1 saturated carbocycles. The summed E-state index contributed by atoms with van der Waals surface area (Å²) in [7, 11) is 3.45. The summed E-state index contributed by atoms with van der Waals surface area (Å²) >= 11 is 0. The molecular formula is C16H24N3O3+. The minimum Gasteiger partial charge on any atom is -0.497 e. The van der Waals surface area contributed by atoms with Crippen molar-refractivity contribution in [3.8, 4) is 5.75 Å². The Morgan fingerprint density at radius 3 is 2.50 bits per heavy atom. The van der Waals surface area contributed by atoms with Crippen LogP contribution in [0.2, 0.25) is 0 Å². The molecule has 0 radical (unpaired) electrons. The summed E-state index contributed by atoms with van der Waals surface area (Å²) in [6.45, 7) is 2.08. The van der Waals surface area contributed by atoms with E-state index >= 15 is 0 Å². The molecule has 2 atom stereocenters. The number of nitrogens with one attached hydrogen (secondary N) is 3. The Kier molecular flexibility index (Phi) is 5.38. The SMILES string of the molecule is COc1ccc(NC(=O)C[NH+](C)[C@@H](C)C(=O)NC2CC2)cc1. The van der Waals surface area contributed by atoms with Crippen molar-refractivity contribution in [3.05, 3.63) is 24.3 Å². The minimum atomic E-state index is -0.248. The van der Waals surface area contributed by atoms with Crippen molar-refractivity contribution in [1.29, 1.82) is 0 Å². The van der Waals surface area contributed by atoms with Crippen LogP contribution in [0.1, 0.15) is 19.8 Å². The van der Waals surface area contributed by atoms with E-state index < -0.39 is 0 Å². The number of carbonyl (C=O) groups excluding carboxylic acids is 2. The second kappa shape index (κ2) is 7.26. The third-order valence-corrected chi connectivity index (χ3v) is 3.87. The fourth-order valence-corrected chi connectivity index (χ4v) is 2.06. The molecule has 2 rings (SSSR count). The lowest BCUT2D eigenvalue weighted by atomic mass is 10.2. The van der Waals surface area contributed by atoms with Crippen LogP contribution in [0.5, 0.6) is 5.75 Å². The minimum absolute atomic E-state index is 0.0113. The number of quaternary nitrogens is 1. The van der Waals surface area contributed by atoms with Gasteiger partial charge in [-0.15, -0.1) is 0 Å². The van der Waals surface area contributed by atoms with Crippen LogP contribution in [0.3, 0.4) is 0 Å². The van der Waals surface area contributed by atoms with Gasteiger partial charge in [0.15, 0.2) is 12.6 Å². The molecule has 120 valence electrons. The summed E-state index contributed by atoms with van der Waals surface area (Å²) in [5, 5.41) is 5.79. The predicted octanol–water partition coefficient (Wildman–Crippen LogP) is -0.184. The van der Waals surface area contributed by atoms with Crippen LogP contribution in [0.25, 0.3) is 0 Å². The number of ether oxygens (including phenoxy) is 1. The van der Waals surface area contributed by atoms with Crippen LogP contribution >= 0.6 is 0 Å². The van der Waals surface area contributed by atoms with Gasteiger partial charge in [0, 0.05) is 11.7 Å². The molecule has 1 unspecified atom stereocenters. The lowest BCUT2D eigenvalue weighted by molar-refractivity contribution is -0.885. The molecule has 0 heterocycles. The van der Waals surface area contributed by atoms with E-state index in [0.717, 1.165) is 23.5 Å². The molecule has 0 aliphatic heterocycles. The molecule has 22 heavy (non-hydrogen) atoms. The average Bonchev–Trinajstić information content (AvgIpc) is 3.30. The first-order chi connectivity index (χ1) is 10.5. The van der Waals surface area contributed by atoms with Gasteiger partial charge in [0.1, 0.15) is 5.75 Å². The van der Waals surface area contributed by atoms with E-state index in [1.165, 1.54) is 0 Å². The Hall–Kier alpha value is -2.08. The van der Waals surface area contributed by atoms with Gasteiger partial charge in [-0.2, -0.15) is 0 Å². The lowest BCUT2D eigenvalue weighted by Gasteiger charge is -2.20. The summed E-state index contributed by atoms with van der Waals surface area (Å²) in [5.74, 6) is 0.636. The number of rotatable bonds is 7. The predicted molar refractivity (Wildman–Crippen MR) is 84.0 cm³/mol. The van der Waals surface area contributed by atoms with Gasteiger partial charge >= 0.3 is 0 Å². The number of hydrogen-bond acceptors (Lipinski definition) is 3. The molecular weight excluding hydrogens is 282 g/mol. The summed E-state index contributed by atoms with van der Waals surface area (Å²) in [6, 6.07) is 7.25. The van der Waals surface area contributed by atoms with E-state index in [2.05, 4.69) is 10.6 Å². The first-order valence-electron chi connectivity index (χ1n) is 7.56. The molecule has 1 aliphatic carbocycles. The summed E-state index contributed by atoms with van der Waals surface area (Å²) in [4.78, 5) is 24.9. The van der Waals surface area contributed by atoms with Crippen molar-refractivity contribution in [1.82, 2.24) is 5.32 Å². The number of carbonyl (C=O) groups is 2. The molecule has 2 amide bonds. The zero-order valence-electron chi connectivity index (χ0n) is 13.3. The van der Waals surface area contributed by atoms with E-state index in [9.17, 15) is 9.59 Å². The smallest absolute Gasteiger partial charge is 0.279 e. The maximum absolute atomic E-state index is 12.0. The third-order valence-electron chi connectivity index (χ3n) is 3.87. The van der Waals surface area contributed by atoms with Crippen LogP contribution in [-0.4, -0.2) is 44.6 Å². The summed E-state index contributed by atoms with van der Waals surface area (Å²) in [6.07, 6.45) is 2.13. The molecule has 0 bridgehead atoms. The topological polar surface area (TPSA) is 71.9 Å². The van der Waals surface area contributed by atoms with E-state index in [4.69, 9.17) is 4.74 Å². The van der Waals surface area contributed by atoms with E-state index in [1.807, 2.05) is 14.0 Å². The molecule has 1 aliphatic rings. The largest absolute Gasteiger partial charge is 0.497 e. The summed E-state index contributed by atoms with van der Waals surface area (Å²) < 4.78 is 5.07. The number of amides is 2. The molecule has 1 fully saturated rings. The zero-order chi connectivity index (χ0) is 16.1. The van der Waals surface area contributed by atoms with Crippen molar-refractivity contribution in [3.63, 3.8) is 0 Å². The average molecular weight is 306 g/mol. The number of likely N-dealkylation sites (N-methyl/N-ethyl adjacent to an activating group) is 1. The standard InChI is InChI=1S/C16H23N3O3/c1-11(16(21)18-13-4-5-13)19(2)10-15(20)17-12-6-8-14(22-3)9-7-12/h6-9,11,13H,4-5,10H2,1-3H3,(H,17,20)(H,18,21)/p+1/t11-/m0/s1. The Balaban J connectivity index is 1.80. The number of methoxy groups -OCH3 is 1. The zero-order valence-corrected chi connectivity index (χ0v) is 13.3. The van der Waals surface area contributed by atoms with Crippen molar-refractivity contribution < 1.29 is 19.2 Å². The molecule has 0 aromatic heterocycles. The van der Waals surface area contributed by atoms with Crippen LogP contribution in [0, 0.1) is 0 Å². The normalized spacial score (nSPS) is 16.5. The highest BCUT2D eigenvalue weighted by molar-refractivity contribution is 5.91. The van der Waals surface area contributed by atoms with E-state index in [-0.39, 0.29) is 24.4 Å². The maximum Gasteiger partial charge on any atom is 0.279 e. The first-order valence-corrected chi connectivity index (χ1v) is 7.56. The Morgan fingerprint density at radius 1 is 1.32 bits per heavy atom. The third kappa shape index (κ3) is 4.73. The van der Waals surface area contributed by atoms with Crippen molar-refractivity contribution in [2.75, 3.05) is 26.0 Å². The Labute approximate surface area is 130 Å². The second-order valence-corrected chi connectivity index (χ2v) is 5.80. The Bertz CT molecular complexity index is 526. The Morgan fingerprint density at radius 2 is 1.95 bits per heavy atom. The van der Waals surface area contributed by atoms with Gasteiger partial charge in [-0.3, -0.25) is 9.59 Å². The molecule has 3 N–H and O–H groups in total. The van der Waals surface area contributed by atoms with Crippen molar-refractivity contribution >= 4 is 17.5 Å². The fraction of sp³-hybridized carbons (Fsp3) is 0.500. The van der Waals surface area contributed by atoms with Gasteiger partial charge in [-0.1, -0.05) is 0 Å². The number of anilines is 1. The van der Waals surface area contributed by atoms with Crippen LogP contribution < -0.4 is 20.3 Å². The molecule has 0 saturated heterocycles. The van der Waals surface area contributed by atoms with Gasteiger partial charge in [-0.25, -0.2) is 0 Å². The van der Waals surface area contributed by atoms with Crippen molar-refractivity contribution in [2.45, 2.75) is 31.8 Å². The fourth-order valence-electron chi connectivity index (χ4n) is 2.06. The highest BCUT2D eigenvalue weighted by atomic mass is 16.5.